The SMILES string of the molecule is CCOc1cc(CNc2ccc([N+](=O)[O-])cc2)cc(Cl)c1OCC. The van der Waals surface area contributed by atoms with Gasteiger partial charge in [-0.25, -0.2) is 0 Å². The van der Waals surface area contributed by atoms with Crippen LogP contribution in [0.4, 0.5) is 11.4 Å². The summed E-state index contributed by atoms with van der Waals surface area (Å²) in [5.74, 6) is 1.15. The number of benzene rings is 2. The Bertz CT molecular complexity index is 704. The van der Waals surface area contributed by atoms with E-state index in [1.165, 1.54) is 12.1 Å². The van der Waals surface area contributed by atoms with E-state index in [2.05, 4.69) is 5.32 Å². The molecular formula is C17H19ClN2O4. The Balaban J connectivity index is 2.12. The molecule has 0 aromatic heterocycles. The normalized spacial score (nSPS) is 10.3. The van der Waals surface area contributed by atoms with Gasteiger partial charge < -0.3 is 14.8 Å². The number of halogens is 1. The summed E-state index contributed by atoms with van der Waals surface area (Å²) >= 11 is 6.28. The molecule has 0 aliphatic heterocycles. The Kier molecular flexibility index (Phi) is 6.26. The summed E-state index contributed by atoms with van der Waals surface area (Å²) < 4.78 is 11.1. The van der Waals surface area contributed by atoms with Crippen LogP contribution in [0, 0.1) is 10.1 Å². The number of nitro groups is 1. The number of ether oxygens (including phenoxy) is 2. The van der Waals surface area contributed by atoms with Gasteiger partial charge in [0.25, 0.3) is 5.69 Å². The minimum absolute atomic E-state index is 0.0586. The van der Waals surface area contributed by atoms with Gasteiger partial charge in [0.2, 0.25) is 0 Å². The Morgan fingerprint density at radius 1 is 1.12 bits per heavy atom. The van der Waals surface area contributed by atoms with Gasteiger partial charge in [0, 0.05) is 24.4 Å². The predicted molar refractivity (Wildman–Crippen MR) is 94.2 cm³/mol. The molecule has 0 amide bonds. The molecule has 2 aromatic carbocycles. The first kappa shape index (κ1) is 17.9. The molecule has 2 rings (SSSR count). The van der Waals surface area contributed by atoms with Gasteiger partial charge in [-0.2, -0.15) is 0 Å². The van der Waals surface area contributed by atoms with Crippen LogP contribution in [0.1, 0.15) is 19.4 Å². The molecule has 0 bridgehead atoms. The van der Waals surface area contributed by atoms with E-state index in [-0.39, 0.29) is 5.69 Å². The zero-order valence-electron chi connectivity index (χ0n) is 13.5. The molecule has 0 radical (unpaired) electrons. The van der Waals surface area contributed by atoms with Crippen molar-refractivity contribution in [1.82, 2.24) is 0 Å². The van der Waals surface area contributed by atoms with Gasteiger partial charge in [0.1, 0.15) is 0 Å². The van der Waals surface area contributed by atoms with Crippen molar-refractivity contribution in [2.24, 2.45) is 0 Å². The fraction of sp³-hybridized carbons (Fsp3) is 0.294. The van der Waals surface area contributed by atoms with E-state index in [9.17, 15) is 10.1 Å². The molecule has 0 heterocycles. The van der Waals surface area contributed by atoms with Crippen LogP contribution in [0.15, 0.2) is 36.4 Å². The van der Waals surface area contributed by atoms with Gasteiger partial charge in [-0.1, -0.05) is 11.6 Å². The molecule has 24 heavy (non-hydrogen) atoms. The van der Waals surface area contributed by atoms with Crippen molar-refractivity contribution in [1.29, 1.82) is 0 Å². The van der Waals surface area contributed by atoms with Crippen LogP contribution in [0.25, 0.3) is 0 Å². The summed E-state index contributed by atoms with van der Waals surface area (Å²) in [6, 6.07) is 9.93. The second-order valence-corrected chi connectivity index (χ2v) is 5.34. The number of nitrogens with one attached hydrogen (secondary N) is 1. The van der Waals surface area contributed by atoms with E-state index in [1.807, 2.05) is 26.0 Å². The van der Waals surface area contributed by atoms with Gasteiger partial charge >= 0.3 is 0 Å². The van der Waals surface area contributed by atoms with Gasteiger partial charge in [-0.15, -0.1) is 0 Å². The molecule has 0 atom stereocenters. The van der Waals surface area contributed by atoms with Crippen LogP contribution in [-0.2, 0) is 6.54 Å². The van der Waals surface area contributed by atoms with Gasteiger partial charge in [-0.3, -0.25) is 10.1 Å². The third-order valence-corrected chi connectivity index (χ3v) is 3.51. The molecule has 1 N–H and O–H groups in total. The maximum Gasteiger partial charge on any atom is 0.269 e. The zero-order chi connectivity index (χ0) is 17.5. The fourth-order valence-corrected chi connectivity index (χ4v) is 2.46. The highest BCUT2D eigenvalue weighted by atomic mass is 35.5. The van der Waals surface area contributed by atoms with Crippen molar-refractivity contribution >= 4 is 23.0 Å². The summed E-state index contributed by atoms with van der Waals surface area (Å²) in [6.07, 6.45) is 0. The average Bonchev–Trinajstić information content (AvgIpc) is 2.56. The highest BCUT2D eigenvalue weighted by Crippen LogP contribution is 2.36. The second-order valence-electron chi connectivity index (χ2n) is 4.93. The van der Waals surface area contributed by atoms with Crippen LogP contribution in [0.2, 0.25) is 5.02 Å². The van der Waals surface area contributed by atoms with Gasteiger partial charge in [0.15, 0.2) is 11.5 Å². The van der Waals surface area contributed by atoms with Crippen LogP contribution >= 0.6 is 11.6 Å². The quantitative estimate of drug-likeness (QED) is 0.553. The Hall–Kier alpha value is -2.47. The minimum atomic E-state index is -0.426. The predicted octanol–water partition coefficient (Wildman–Crippen LogP) is 4.66. The molecule has 0 aliphatic rings. The molecule has 6 nitrogen and oxygen atoms in total. The van der Waals surface area contributed by atoms with Crippen LogP contribution in [0.5, 0.6) is 11.5 Å². The summed E-state index contributed by atoms with van der Waals surface area (Å²) in [6.45, 7) is 5.29. The zero-order valence-corrected chi connectivity index (χ0v) is 14.3. The first-order valence-corrected chi connectivity index (χ1v) is 7.99. The number of nitrogens with zero attached hydrogens (tertiary/aromatic N) is 1. The van der Waals surface area contributed by atoms with E-state index < -0.39 is 4.92 Å². The van der Waals surface area contributed by atoms with Crippen molar-refractivity contribution in [2.45, 2.75) is 20.4 Å². The molecular weight excluding hydrogens is 332 g/mol. The topological polar surface area (TPSA) is 73.6 Å². The summed E-state index contributed by atoms with van der Waals surface area (Å²) in [7, 11) is 0. The molecule has 0 fully saturated rings. The molecule has 0 saturated carbocycles. The van der Waals surface area contributed by atoms with Crippen LogP contribution < -0.4 is 14.8 Å². The van der Waals surface area contributed by atoms with E-state index in [1.54, 1.807) is 12.1 Å². The Morgan fingerprint density at radius 2 is 1.79 bits per heavy atom. The smallest absolute Gasteiger partial charge is 0.269 e. The highest BCUT2D eigenvalue weighted by molar-refractivity contribution is 6.32. The summed E-state index contributed by atoms with van der Waals surface area (Å²) in [4.78, 5) is 10.2. The fourth-order valence-electron chi connectivity index (χ4n) is 2.18. The van der Waals surface area contributed by atoms with Crippen LogP contribution in [-0.4, -0.2) is 18.1 Å². The second kappa shape index (κ2) is 8.40. The lowest BCUT2D eigenvalue weighted by Crippen LogP contribution is -2.03. The van der Waals surface area contributed by atoms with Crippen molar-refractivity contribution < 1.29 is 14.4 Å². The Morgan fingerprint density at radius 3 is 2.38 bits per heavy atom. The molecule has 2 aromatic rings. The number of hydrogen-bond donors (Lipinski definition) is 1. The van der Waals surface area contributed by atoms with Crippen LogP contribution in [0.3, 0.4) is 0 Å². The van der Waals surface area contributed by atoms with Crippen molar-refractivity contribution in [3.05, 3.63) is 57.1 Å². The molecule has 0 unspecified atom stereocenters. The lowest BCUT2D eigenvalue weighted by molar-refractivity contribution is -0.384. The first-order chi connectivity index (χ1) is 11.5. The molecule has 0 spiro atoms. The number of nitro benzene ring substituents is 1. The highest BCUT2D eigenvalue weighted by Gasteiger charge is 2.12. The number of non-ortho nitro benzene ring substituents is 1. The lowest BCUT2D eigenvalue weighted by Gasteiger charge is -2.15. The standard InChI is InChI=1S/C17H19ClN2O4/c1-3-23-16-10-12(9-15(18)17(16)24-4-2)11-19-13-5-7-14(8-6-13)20(21)22/h5-10,19H,3-4,11H2,1-2H3. The molecule has 7 heteroatoms. The number of hydrogen-bond acceptors (Lipinski definition) is 5. The first-order valence-electron chi connectivity index (χ1n) is 7.61. The maximum absolute atomic E-state index is 10.7. The summed E-state index contributed by atoms with van der Waals surface area (Å²) in [5.41, 5.74) is 1.76. The van der Waals surface area contributed by atoms with E-state index in [4.69, 9.17) is 21.1 Å². The number of rotatable bonds is 8. The minimum Gasteiger partial charge on any atom is -0.490 e. The van der Waals surface area contributed by atoms with Crippen molar-refractivity contribution in [3.63, 3.8) is 0 Å². The van der Waals surface area contributed by atoms with Crippen molar-refractivity contribution in [2.75, 3.05) is 18.5 Å². The summed E-state index contributed by atoms with van der Waals surface area (Å²) in [5, 5.41) is 14.3. The number of anilines is 1. The Labute approximate surface area is 145 Å². The van der Waals surface area contributed by atoms with E-state index in [0.717, 1.165) is 11.3 Å². The third kappa shape index (κ3) is 4.52. The van der Waals surface area contributed by atoms with E-state index >= 15 is 0 Å². The van der Waals surface area contributed by atoms with Crippen molar-refractivity contribution in [3.8, 4) is 11.5 Å². The monoisotopic (exact) mass is 350 g/mol. The third-order valence-electron chi connectivity index (χ3n) is 3.23. The average molecular weight is 351 g/mol. The molecule has 0 aliphatic carbocycles. The lowest BCUT2D eigenvalue weighted by atomic mass is 10.2. The van der Waals surface area contributed by atoms with E-state index in [0.29, 0.717) is 36.3 Å². The maximum atomic E-state index is 10.7. The molecule has 0 saturated heterocycles. The van der Waals surface area contributed by atoms with Gasteiger partial charge in [-0.05, 0) is 43.7 Å². The van der Waals surface area contributed by atoms with Gasteiger partial charge in [0.05, 0.1) is 23.2 Å². The molecule has 128 valence electrons. The largest absolute Gasteiger partial charge is 0.490 e.